The highest BCUT2D eigenvalue weighted by atomic mass is 16.3. The average Bonchev–Trinajstić information content (AvgIpc) is 2.36. The molecule has 3 N–H and O–H groups in total. The fourth-order valence-corrected chi connectivity index (χ4v) is 2.97. The van der Waals surface area contributed by atoms with Crippen LogP contribution in [0.2, 0.25) is 0 Å². The molecule has 0 spiro atoms. The number of aliphatic hydroxyl groups excluding tert-OH is 1. The van der Waals surface area contributed by atoms with Gasteiger partial charge in [-0.3, -0.25) is 4.90 Å². The monoisotopic (exact) mass is 262 g/mol. The van der Waals surface area contributed by atoms with Crippen LogP contribution in [0.1, 0.15) is 42.9 Å². The van der Waals surface area contributed by atoms with E-state index < -0.39 is 0 Å². The van der Waals surface area contributed by atoms with Crippen LogP contribution in [-0.4, -0.2) is 35.7 Å². The summed E-state index contributed by atoms with van der Waals surface area (Å²) in [5.41, 5.74) is 8.71. The Morgan fingerprint density at radius 2 is 2.11 bits per heavy atom. The van der Waals surface area contributed by atoms with Gasteiger partial charge in [0.25, 0.3) is 0 Å². The van der Waals surface area contributed by atoms with E-state index in [0.29, 0.717) is 12.6 Å². The number of nitrogens with zero attached hydrogens (tertiary/aromatic N) is 1. The van der Waals surface area contributed by atoms with Crippen LogP contribution >= 0.6 is 0 Å². The van der Waals surface area contributed by atoms with Crippen molar-refractivity contribution < 1.29 is 5.11 Å². The molecule has 1 aliphatic rings. The maximum absolute atomic E-state index is 9.11. The molecule has 1 atom stereocenters. The van der Waals surface area contributed by atoms with Crippen LogP contribution < -0.4 is 5.73 Å². The standard InChI is InChI=1S/C16H26N2O/c1-13-6-2-3-9-15(13)16(12-17)18(10-5-11-19)14-7-4-8-14/h2-3,6,9,14,16,19H,4-5,7-8,10-12,17H2,1H3. The zero-order valence-corrected chi connectivity index (χ0v) is 11.9. The van der Waals surface area contributed by atoms with Gasteiger partial charge in [0.15, 0.2) is 0 Å². The van der Waals surface area contributed by atoms with Gasteiger partial charge in [0, 0.05) is 31.8 Å². The second-order valence-corrected chi connectivity index (χ2v) is 5.51. The van der Waals surface area contributed by atoms with Crippen LogP contribution in [0.15, 0.2) is 24.3 Å². The number of rotatable bonds is 7. The Balaban J connectivity index is 2.18. The molecule has 0 bridgehead atoms. The van der Waals surface area contributed by atoms with Crippen molar-refractivity contribution >= 4 is 0 Å². The summed E-state index contributed by atoms with van der Waals surface area (Å²) in [5, 5.41) is 9.11. The second kappa shape index (κ2) is 7.04. The van der Waals surface area contributed by atoms with E-state index in [4.69, 9.17) is 10.8 Å². The number of aryl methyl sites for hydroxylation is 1. The van der Waals surface area contributed by atoms with Gasteiger partial charge in [0.2, 0.25) is 0 Å². The normalized spacial score (nSPS) is 17.5. The topological polar surface area (TPSA) is 49.5 Å². The highest BCUT2D eigenvalue weighted by Gasteiger charge is 2.30. The molecule has 0 aliphatic heterocycles. The third kappa shape index (κ3) is 3.35. The van der Waals surface area contributed by atoms with Crippen LogP contribution in [0.4, 0.5) is 0 Å². The molecule has 0 heterocycles. The Hall–Kier alpha value is -0.900. The van der Waals surface area contributed by atoms with Gasteiger partial charge in [0.1, 0.15) is 0 Å². The summed E-state index contributed by atoms with van der Waals surface area (Å²) in [4.78, 5) is 2.52. The van der Waals surface area contributed by atoms with E-state index in [2.05, 4.69) is 36.1 Å². The SMILES string of the molecule is Cc1ccccc1C(CN)N(CCCO)C1CCC1. The molecule has 1 saturated carbocycles. The Morgan fingerprint density at radius 1 is 1.37 bits per heavy atom. The molecule has 106 valence electrons. The molecule has 1 aliphatic carbocycles. The van der Waals surface area contributed by atoms with E-state index in [1.807, 2.05) is 0 Å². The third-order valence-corrected chi connectivity index (χ3v) is 4.29. The predicted octanol–water partition coefficient (Wildman–Crippen LogP) is 2.23. The van der Waals surface area contributed by atoms with E-state index in [0.717, 1.165) is 13.0 Å². The van der Waals surface area contributed by atoms with Crippen LogP contribution in [0.5, 0.6) is 0 Å². The lowest BCUT2D eigenvalue weighted by atomic mass is 9.88. The van der Waals surface area contributed by atoms with E-state index in [1.165, 1.54) is 30.4 Å². The lowest BCUT2D eigenvalue weighted by molar-refractivity contribution is 0.0740. The Kier molecular flexibility index (Phi) is 5.37. The van der Waals surface area contributed by atoms with Crippen LogP contribution in [-0.2, 0) is 0 Å². The van der Waals surface area contributed by atoms with E-state index in [1.54, 1.807) is 0 Å². The molecule has 19 heavy (non-hydrogen) atoms. The Labute approximate surface area is 116 Å². The fourth-order valence-electron chi connectivity index (χ4n) is 2.97. The largest absolute Gasteiger partial charge is 0.396 e. The average molecular weight is 262 g/mol. The van der Waals surface area contributed by atoms with Crippen molar-refractivity contribution in [2.75, 3.05) is 19.7 Å². The van der Waals surface area contributed by atoms with Crippen molar-refractivity contribution in [3.63, 3.8) is 0 Å². The van der Waals surface area contributed by atoms with Crippen LogP contribution in [0.3, 0.4) is 0 Å². The Bertz CT molecular complexity index is 390. The zero-order valence-electron chi connectivity index (χ0n) is 11.9. The molecule has 1 aromatic rings. The summed E-state index contributed by atoms with van der Waals surface area (Å²) in [6, 6.07) is 9.46. The molecular weight excluding hydrogens is 236 g/mol. The Morgan fingerprint density at radius 3 is 2.63 bits per heavy atom. The number of hydrogen-bond acceptors (Lipinski definition) is 3. The first-order valence-corrected chi connectivity index (χ1v) is 7.40. The van der Waals surface area contributed by atoms with Gasteiger partial charge in [-0.2, -0.15) is 0 Å². The van der Waals surface area contributed by atoms with Crippen molar-refractivity contribution in [2.45, 2.75) is 44.7 Å². The number of hydrogen-bond donors (Lipinski definition) is 2. The highest BCUT2D eigenvalue weighted by molar-refractivity contribution is 5.29. The first-order valence-electron chi connectivity index (χ1n) is 7.40. The van der Waals surface area contributed by atoms with Gasteiger partial charge in [-0.05, 0) is 37.3 Å². The number of nitrogens with two attached hydrogens (primary N) is 1. The molecular formula is C16H26N2O. The summed E-state index contributed by atoms with van der Waals surface area (Å²) in [6.45, 7) is 4.00. The summed E-state index contributed by atoms with van der Waals surface area (Å²) < 4.78 is 0. The minimum Gasteiger partial charge on any atom is -0.396 e. The molecule has 0 radical (unpaired) electrons. The van der Waals surface area contributed by atoms with Crippen molar-refractivity contribution in [3.05, 3.63) is 35.4 Å². The summed E-state index contributed by atoms with van der Waals surface area (Å²) in [6.07, 6.45) is 4.70. The minimum absolute atomic E-state index is 0.258. The molecule has 0 saturated heterocycles. The van der Waals surface area contributed by atoms with Gasteiger partial charge >= 0.3 is 0 Å². The van der Waals surface area contributed by atoms with Gasteiger partial charge in [-0.15, -0.1) is 0 Å². The van der Waals surface area contributed by atoms with Crippen molar-refractivity contribution in [2.24, 2.45) is 5.73 Å². The van der Waals surface area contributed by atoms with Gasteiger partial charge < -0.3 is 10.8 Å². The van der Waals surface area contributed by atoms with Crippen LogP contribution in [0, 0.1) is 6.92 Å². The van der Waals surface area contributed by atoms with Crippen molar-refractivity contribution in [1.29, 1.82) is 0 Å². The van der Waals surface area contributed by atoms with E-state index in [-0.39, 0.29) is 12.6 Å². The van der Waals surface area contributed by atoms with Crippen molar-refractivity contribution in [3.8, 4) is 0 Å². The first kappa shape index (κ1) is 14.5. The van der Waals surface area contributed by atoms with Gasteiger partial charge in [-0.25, -0.2) is 0 Å². The lowest BCUT2D eigenvalue weighted by Crippen LogP contribution is -2.45. The van der Waals surface area contributed by atoms with Crippen molar-refractivity contribution in [1.82, 2.24) is 4.90 Å². The zero-order chi connectivity index (χ0) is 13.7. The molecule has 1 unspecified atom stereocenters. The first-order chi connectivity index (χ1) is 9.27. The molecule has 0 aromatic heterocycles. The molecule has 3 nitrogen and oxygen atoms in total. The minimum atomic E-state index is 0.258. The molecule has 2 rings (SSSR count). The lowest BCUT2D eigenvalue weighted by Gasteiger charge is -2.43. The van der Waals surface area contributed by atoms with E-state index in [9.17, 15) is 0 Å². The summed E-state index contributed by atoms with van der Waals surface area (Å²) in [5.74, 6) is 0. The quantitative estimate of drug-likeness (QED) is 0.792. The molecule has 3 heteroatoms. The highest BCUT2D eigenvalue weighted by Crippen LogP contribution is 2.33. The second-order valence-electron chi connectivity index (χ2n) is 5.51. The molecule has 1 aromatic carbocycles. The molecule has 1 fully saturated rings. The number of aliphatic hydroxyl groups is 1. The predicted molar refractivity (Wildman–Crippen MR) is 79.0 cm³/mol. The van der Waals surface area contributed by atoms with Gasteiger partial charge in [0.05, 0.1) is 0 Å². The summed E-state index contributed by atoms with van der Waals surface area (Å²) >= 11 is 0. The van der Waals surface area contributed by atoms with Gasteiger partial charge in [-0.1, -0.05) is 30.7 Å². The maximum Gasteiger partial charge on any atom is 0.0476 e. The molecule has 0 amide bonds. The van der Waals surface area contributed by atoms with Crippen LogP contribution in [0.25, 0.3) is 0 Å². The van der Waals surface area contributed by atoms with E-state index >= 15 is 0 Å². The third-order valence-electron chi connectivity index (χ3n) is 4.29. The summed E-state index contributed by atoms with van der Waals surface area (Å²) in [7, 11) is 0. The smallest absolute Gasteiger partial charge is 0.0476 e. The fraction of sp³-hybridized carbons (Fsp3) is 0.625. The number of benzene rings is 1. The maximum atomic E-state index is 9.11.